The van der Waals surface area contributed by atoms with Crippen molar-refractivity contribution in [3.8, 4) is 0 Å². The van der Waals surface area contributed by atoms with Crippen LogP contribution in [0, 0.1) is 0 Å². The first-order chi connectivity index (χ1) is 11.0. The molecule has 2 rings (SSSR count). The zero-order chi connectivity index (χ0) is 16.8. The second-order valence-corrected chi connectivity index (χ2v) is 5.83. The number of ether oxygens (including phenoxy) is 1. The van der Waals surface area contributed by atoms with E-state index in [9.17, 15) is 9.59 Å². The predicted molar refractivity (Wildman–Crippen MR) is 88.0 cm³/mol. The van der Waals surface area contributed by atoms with Gasteiger partial charge in [-0.15, -0.1) is 0 Å². The third-order valence-electron chi connectivity index (χ3n) is 3.38. The molecule has 0 aliphatic carbocycles. The highest BCUT2D eigenvalue weighted by Gasteiger charge is 2.24. The predicted octanol–water partition coefficient (Wildman–Crippen LogP) is 3.13. The van der Waals surface area contributed by atoms with Gasteiger partial charge < -0.3 is 20.3 Å². The Morgan fingerprint density at radius 3 is 2.48 bits per heavy atom. The Bertz CT molecular complexity index is 557. The number of anilines is 1. The Kier molecular flexibility index (Phi) is 6.29. The number of aromatic nitrogens is 1. The summed E-state index contributed by atoms with van der Waals surface area (Å²) in [6.45, 7) is 3.23. The molecule has 0 atom stereocenters. The van der Waals surface area contributed by atoms with Gasteiger partial charge in [-0.25, -0.2) is 14.6 Å². The van der Waals surface area contributed by atoms with Gasteiger partial charge in [0.1, 0.15) is 10.3 Å². The lowest BCUT2D eigenvalue weighted by Gasteiger charge is -2.31. The minimum absolute atomic E-state index is 0.00606. The van der Waals surface area contributed by atoms with Gasteiger partial charge >= 0.3 is 12.1 Å². The van der Waals surface area contributed by atoms with Crippen molar-refractivity contribution in [3.05, 3.63) is 22.4 Å². The number of amides is 3. The fraction of sp³-hybridized carbons (Fsp3) is 0.500. The van der Waals surface area contributed by atoms with Gasteiger partial charge in [-0.1, -0.05) is 23.2 Å². The van der Waals surface area contributed by atoms with Crippen LogP contribution < -0.4 is 10.6 Å². The molecule has 0 spiro atoms. The maximum absolute atomic E-state index is 12.0. The number of carbonyl (C=O) groups is 2. The topological polar surface area (TPSA) is 83.6 Å². The lowest BCUT2D eigenvalue weighted by atomic mass is 10.1. The van der Waals surface area contributed by atoms with Crippen LogP contribution in [0.5, 0.6) is 0 Å². The lowest BCUT2D eigenvalue weighted by Crippen LogP contribution is -2.47. The monoisotopic (exact) mass is 360 g/mol. The summed E-state index contributed by atoms with van der Waals surface area (Å²) in [6.07, 6.45) is 1.03. The van der Waals surface area contributed by atoms with Crippen molar-refractivity contribution in [2.75, 3.05) is 25.0 Å². The third-order valence-corrected chi connectivity index (χ3v) is 3.76. The number of carbonyl (C=O) groups excluding carboxylic acids is 2. The second-order valence-electron chi connectivity index (χ2n) is 5.06. The smallest absolute Gasteiger partial charge is 0.409 e. The largest absolute Gasteiger partial charge is 0.450 e. The molecule has 23 heavy (non-hydrogen) atoms. The highest BCUT2D eigenvalue weighted by Crippen LogP contribution is 2.19. The van der Waals surface area contributed by atoms with Crippen LogP contribution in [-0.4, -0.2) is 47.7 Å². The molecular formula is C14H18Cl2N4O3. The first-order valence-electron chi connectivity index (χ1n) is 7.30. The summed E-state index contributed by atoms with van der Waals surface area (Å²) in [5, 5.41) is 5.93. The summed E-state index contributed by atoms with van der Waals surface area (Å²) in [6, 6.07) is 2.67. The summed E-state index contributed by atoms with van der Waals surface area (Å²) in [5.74, 6) is 0. The normalized spacial score (nSPS) is 15.2. The Hall–Kier alpha value is -1.73. The van der Waals surface area contributed by atoms with E-state index in [2.05, 4.69) is 15.6 Å². The molecule has 1 aromatic heterocycles. The van der Waals surface area contributed by atoms with E-state index >= 15 is 0 Å². The van der Waals surface area contributed by atoms with E-state index in [0.717, 1.165) is 0 Å². The Morgan fingerprint density at radius 2 is 1.91 bits per heavy atom. The van der Waals surface area contributed by atoms with E-state index in [1.54, 1.807) is 11.8 Å². The van der Waals surface area contributed by atoms with Gasteiger partial charge in [0.25, 0.3) is 0 Å². The average molecular weight is 361 g/mol. The maximum Gasteiger partial charge on any atom is 0.409 e. The molecule has 1 saturated heterocycles. The number of piperidine rings is 1. The highest BCUT2D eigenvalue weighted by molar-refractivity contribution is 6.32. The van der Waals surface area contributed by atoms with Crippen LogP contribution in [0.2, 0.25) is 10.3 Å². The number of nitrogens with one attached hydrogen (secondary N) is 2. The molecule has 0 radical (unpaired) electrons. The number of likely N-dealkylation sites (tertiary alicyclic amines) is 1. The number of rotatable bonds is 3. The van der Waals surface area contributed by atoms with E-state index in [4.69, 9.17) is 27.9 Å². The number of nitrogens with zero attached hydrogens (tertiary/aromatic N) is 2. The van der Waals surface area contributed by atoms with Crippen molar-refractivity contribution in [2.45, 2.75) is 25.8 Å². The Labute approximate surface area is 144 Å². The standard InChI is InChI=1S/C14H18Cl2N4O3/c1-2-23-14(22)20-5-3-9(4-6-20)17-13(21)18-10-7-11(15)19-12(16)8-10/h7-9H,2-6H2,1H3,(H2,17,18,19,21). The van der Waals surface area contributed by atoms with Gasteiger partial charge in [0.05, 0.1) is 6.61 Å². The number of urea groups is 1. The lowest BCUT2D eigenvalue weighted by molar-refractivity contribution is 0.0959. The first kappa shape index (κ1) is 17.6. The first-order valence-corrected chi connectivity index (χ1v) is 8.06. The molecule has 2 heterocycles. The molecule has 2 N–H and O–H groups in total. The Morgan fingerprint density at radius 1 is 1.30 bits per heavy atom. The van der Waals surface area contributed by atoms with Gasteiger partial charge in [0, 0.05) is 24.8 Å². The van der Waals surface area contributed by atoms with Gasteiger partial charge in [-0.2, -0.15) is 0 Å². The number of halogens is 2. The Balaban J connectivity index is 1.79. The number of hydrogen-bond donors (Lipinski definition) is 2. The zero-order valence-electron chi connectivity index (χ0n) is 12.6. The third kappa shape index (κ3) is 5.44. The summed E-state index contributed by atoms with van der Waals surface area (Å²) in [7, 11) is 0. The molecule has 1 aromatic rings. The van der Waals surface area contributed by atoms with Gasteiger partial charge in [0.15, 0.2) is 0 Å². The van der Waals surface area contributed by atoms with Crippen LogP contribution in [-0.2, 0) is 4.74 Å². The minimum atomic E-state index is -0.349. The van der Waals surface area contributed by atoms with Crippen molar-refractivity contribution >= 4 is 41.0 Å². The molecule has 0 bridgehead atoms. The van der Waals surface area contributed by atoms with Gasteiger partial charge in [-0.05, 0) is 31.9 Å². The summed E-state index contributed by atoms with van der Waals surface area (Å²) >= 11 is 11.6. The van der Waals surface area contributed by atoms with Crippen molar-refractivity contribution < 1.29 is 14.3 Å². The SMILES string of the molecule is CCOC(=O)N1CCC(NC(=O)Nc2cc(Cl)nc(Cl)c2)CC1. The van der Waals surface area contributed by atoms with Crippen LogP contribution >= 0.6 is 23.2 Å². The summed E-state index contributed by atoms with van der Waals surface area (Å²) in [5.41, 5.74) is 0.469. The zero-order valence-corrected chi connectivity index (χ0v) is 14.2. The van der Waals surface area contributed by atoms with E-state index in [0.29, 0.717) is 38.2 Å². The minimum Gasteiger partial charge on any atom is -0.450 e. The van der Waals surface area contributed by atoms with E-state index in [-0.39, 0.29) is 28.5 Å². The van der Waals surface area contributed by atoms with Crippen molar-refractivity contribution in [1.82, 2.24) is 15.2 Å². The van der Waals surface area contributed by atoms with Crippen molar-refractivity contribution in [1.29, 1.82) is 0 Å². The molecule has 1 fully saturated rings. The van der Waals surface area contributed by atoms with E-state index in [1.807, 2.05) is 0 Å². The van der Waals surface area contributed by atoms with Crippen molar-refractivity contribution in [2.24, 2.45) is 0 Å². The van der Waals surface area contributed by atoms with Crippen LogP contribution in [0.25, 0.3) is 0 Å². The van der Waals surface area contributed by atoms with Crippen LogP contribution in [0.1, 0.15) is 19.8 Å². The van der Waals surface area contributed by atoms with Crippen LogP contribution in [0.15, 0.2) is 12.1 Å². The second kappa shape index (κ2) is 8.21. The van der Waals surface area contributed by atoms with Gasteiger partial charge in [-0.3, -0.25) is 0 Å². The number of hydrogen-bond acceptors (Lipinski definition) is 4. The molecule has 1 aliphatic heterocycles. The average Bonchev–Trinajstić information content (AvgIpc) is 2.47. The maximum atomic E-state index is 12.0. The molecule has 0 aromatic carbocycles. The summed E-state index contributed by atoms with van der Waals surface area (Å²) < 4.78 is 4.96. The highest BCUT2D eigenvalue weighted by atomic mass is 35.5. The van der Waals surface area contributed by atoms with E-state index in [1.165, 1.54) is 12.1 Å². The molecular weight excluding hydrogens is 343 g/mol. The van der Waals surface area contributed by atoms with Gasteiger partial charge in [0.2, 0.25) is 0 Å². The fourth-order valence-corrected chi connectivity index (χ4v) is 2.77. The molecule has 7 nitrogen and oxygen atoms in total. The van der Waals surface area contributed by atoms with Crippen LogP contribution in [0.4, 0.5) is 15.3 Å². The summed E-state index contributed by atoms with van der Waals surface area (Å²) in [4.78, 5) is 29.0. The molecule has 9 heteroatoms. The fourth-order valence-electron chi connectivity index (χ4n) is 2.31. The molecule has 0 saturated carbocycles. The molecule has 1 aliphatic rings. The van der Waals surface area contributed by atoms with E-state index < -0.39 is 0 Å². The number of pyridine rings is 1. The molecule has 0 unspecified atom stereocenters. The molecule has 3 amide bonds. The quantitative estimate of drug-likeness (QED) is 0.811. The molecule has 126 valence electrons. The van der Waals surface area contributed by atoms with Crippen molar-refractivity contribution in [3.63, 3.8) is 0 Å². The van der Waals surface area contributed by atoms with Crippen LogP contribution in [0.3, 0.4) is 0 Å².